The van der Waals surface area contributed by atoms with E-state index in [-0.39, 0.29) is 6.04 Å². The Bertz CT molecular complexity index is 602. The van der Waals surface area contributed by atoms with Crippen molar-refractivity contribution in [1.29, 1.82) is 0 Å². The van der Waals surface area contributed by atoms with Crippen molar-refractivity contribution < 1.29 is 13.2 Å². The quantitative estimate of drug-likeness (QED) is 0.891. The van der Waals surface area contributed by atoms with Crippen LogP contribution in [0.2, 0.25) is 0 Å². The van der Waals surface area contributed by atoms with Gasteiger partial charge in [-0.2, -0.15) is 13.2 Å². The van der Waals surface area contributed by atoms with Gasteiger partial charge in [0.05, 0.1) is 23.5 Å². The number of hydrogen-bond donors (Lipinski definition) is 2. The summed E-state index contributed by atoms with van der Waals surface area (Å²) >= 11 is 0. The average molecular weight is 297 g/mol. The number of rotatable bonds is 4. The summed E-state index contributed by atoms with van der Waals surface area (Å²) in [6, 6.07) is 4.90. The van der Waals surface area contributed by atoms with E-state index in [0.717, 1.165) is 18.6 Å². The fraction of sp³-hybridized carbons (Fsp3) is 0.400. The van der Waals surface area contributed by atoms with Crippen LogP contribution in [0.1, 0.15) is 37.7 Å². The van der Waals surface area contributed by atoms with Crippen LogP contribution in [0.3, 0.4) is 0 Å². The minimum absolute atomic E-state index is 0.246. The number of hydrogen-bond acceptors (Lipinski definition) is 2. The average Bonchev–Trinajstić information content (AvgIpc) is 2.86. The standard InChI is InChI=1S/C15H18F3N3/c1-9(2)6-12(19)14-20-8-13(21-14)10-4-3-5-11(7-10)15(16,17)18/h3-5,7-9,12H,6,19H2,1-2H3,(H,20,21). The van der Waals surface area contributed by atoms with Gasteiger partial charge in [-0.05, 0) is 24.5 Å². The van der Waals surface area contributed by atoms with Crippen molar-refractivity contribution in [3.63, 3.8) is 0 Å². The Balaban J connectivity index is 2.26. The monoisotopic (exact) mass is 297 g/mol. The molecule has 6 heteroatoms. The summed E-state index contributed by atoms with van der Waals surface area (Å²) in [4.78, 5) is 7.19. The first kappa shape index (κ1) is 15.6. The first-order chi connectivity index (χ1) is 9.77. The van der Waals surface area contributed by atoms with Crippen LogP contribution < -0.4 is 5.73 Å². The summed E-state index contributed by atoms with van der Waals surface area (Å²) in [5, 5.41) is 0. The summed E-state index contributed by atoms with van der Waals surface area (Å²) in [6.07, 6.45) is -2.08. The minimum Gasteiger partial charge on any atom is -0.341 e. The van der Waals surface area contributed by atoms with Crippen molar-refractivity contribution in [2.24, 2.45) is 11.7 Å². The number of aromatic nitrogens is 2. The Morgan fingerprint density at radius 1 is 1.29 bits per heavy atom. The zero-order valence-electron chi connectivity index (χ0n) is 11.9. The highest BCUT2D eigenvalue weighted by atomic mass is 19.4. The van der Waals surface area contributed by atoms with Crippen LogP contribution in [-0.2, 0) is 6.18 Å². The number of H-pyrrole nitrogens is 1. The van der Waals surface area contributed by atoms with Crippen molar-refractivity contribution in [3.05, 3.63) is 41.9 Å². The molecule has 0 fully saturated rings. The van der Waals surface area contributed by atoms with E-state index in [1.165, 1.54) is 12.3 Å². The molecule has 1 atom stereocenters. The van der Waals surface area contributed by atoms with E-state index >= 15 is 0 Å². The molecule has 0 amide bonds. The lowest BCUT2D eigenvalue weighted by atomic mass is 10.0. The first-order valence-electron chi connectivity index (χ1n) is 6.75. The van der Waals surface area contributed by atoms with Crippen molar-refractivity contribution in [2.75, 3.05) is 0 Å². The van der Waals surface area contributed by atoms with Gasteiger partial charge in [0, 0.05) is 5.56 Å². The highest BCUT2D eigenvalue weighted by molar-refractivity contribution is 5.59. The molecule has 3 nitrogen and oxygen atoms in total. The molecule has 0 bridgehead atoms. The summed E-state index contributed by atoms with van der Waals surface area (Å²) in [6.45, 7) is 4.10. The maximum absolute atomic E-state index is 12.7. The second kappa shape index (κ2) is 5.89. The summed E-state index contributed by atoms with van der Waals surface area (Å²) < 4.78 is 38.1. The van der Waals surface area contributed by atoms with Crippen LogP contribution in [0.25, 0.3) is 11.3 Å². The Morgan fingerprint density at radius 3 is 2.62 bits per heavy atom. The largest absolute Gasteiger partial charge is 0.416 e. The van der Waals surface area contributed by atoms with Gasteiger partial charge in [-0.25, -0.2) is 4.98 Å². The number of nitrogens with zero attached hydrogens (tertiary/aromatic N) is 1. The van der Waals surface area contributed by atoms with Crippen LogP contribution in [-0.4, -0.2) is 9.97 Å². The molecule has 3 N–H and O–H groups in total. The predicted molar refractivity (Wildman–Crippen MR) is 75.4 cm³/mol. The summed E-state index contributed by atoms with van der Waals surface area (Å²) in [5.74, 6) is 1.01. The van der Waals surface area contributed by atoms with Crippen molar-refractivity contribution in [2.45, 2.75) is 32.5 Å². The molecule has 114 valence electrons. The Kier molecular flexibility index (Phi) is 4.37. The summed E-state index contributed by atoms with van der Waals surface area (Å²) in [5.41, 5.74) is 6.32. The van der Waals surface area contributed by atoms with Crippen LogP contribution in [0, 0.1) is 5.92 Å². The Hall–Kier alpha value is -1.82. The molecule has 21 heavy (non-hydrogen) atoms. The lowest BCUT2D eigenvalue weighted by Crippen LogP contribution is -2.14. The SMILES string of the molecule is CC(C)CC(N)c1ncc(-c2cccc(C(F)(F)F)c2)[nH]1. The topological polar surface area (TPSA) is 54.7 Å². The van der Waals surface area contributed by atoms with Gasteiger partial charge >= 0.3 is 6.18 Å². The van der Waals surface area contributed by atoms with Gasteiger partial charge in [0.15, 0.2) is 0 Å². The van der Waals surface area contributed by atoms with E-state index in [0.29, 0.717) is 23.0 Å². The van der Waals surface area contributed by atoms with E-state index in [2.05, 4.69) is 23.8 Å². The lowest BCUT2D eigenvalue weighted by molar-refractivity contribution is -0.137. The van der Waals surface area contributed by atoms with Crippen molar-refractivity contribution in [1.82, 2.24) is 9.97 Å². The van der Waals surface area contributed by atoms with Crippen LogP contribution in [0.5, 0.6) is 0 Å². The molecule has 0 aliphatic heterocycles. The predicted octanol–water partition coefficient (Wildman–Crippen LogP) is 4.14. The minimum atomic E-state index is -4.35. The van der Waals surface area contributed by atoms with E-state index in [9.17, 15) is 13.2 Å². The molecule has 0 aliphatic rings. The number of benzene rings is 1. The zero-order valence-corrected chi connectivity index (χ0v) is 11.9. The molecule has 1 aromatic carbocycles. The number of nitrogens with two attached hydrogens (primary N) is 1. The van der Waals surface area contributed by atoms with Gasteiger partial charge in [-0.3, -0.25) is 0 Å². The number of halogens is 3. The Morgan fingerprint density at radius 2 is 2.00 bits per heavy atom. The second-order valence-corrected chi connectivity index (χ2v) is 5.50. The van der Waals surface area contributed by atoms with Gasteiger partial charge in [-0.15, -0.1) is 0 Å². The fourth-order valence-electron chi connectivity index (χ4n) is 2.15. The van der Waals surface area contributed by atoms with E-state index < -0.39 is 11.7 Å². The fourth-order valence-corrected chi connectivity index (χ4v) is 2.15. The molecule has 2 rings (SSSR count). The van der Waals surface area contributed by atoms with Crippen molar-refractivity contribution in [3.8, 4) is 11.3 Å². The van der Waals surface area contributed by atoms with Gasteiger partial charge in [-0.1, -0.05) is 26.0 Å². The Labute approximate surface area is 121 Å². The molecule has 0 saturated heterocycles. The maximum Gasteiger partial charge on any atom is 0.416 e. The molecule has 0 spiro atoms. The van der Waals surface area contributed by atoms with Crippen LogP contribution >= 0.6 is 0 Å². The summed E-state index contributed by atoms with van der Waals surface area (Å²) in [7, 11) is 0. The smallest absolute Gasteiger partial charge is 0.341 e. The highest BCUT2D eigenvalue weighted by Crippen LogP contribution is 2.32. The third kappa shape index (κ3) is 3.85. The molecule has 0 saturated carbocycles. The number of imidazole rings is 1. The van der Waals surface area contributed by atoms with Crippen LogP contribution in [0.4, 0.5) is 13.2 Å². The molecular formula is C15H18F3N3. The number of aromatic amines is 1. The highest BCUT2D eigenvalue weighted by Gasteiger charge is 2.30. The third-order valence-electron chi connectivity index (χ3n) is 3.17. The lowest BCUT2D eigenvalue weighted by Gasteiger charge is -2.11. The van der Waals surface area contributed by atoms with Gasteiger partial charge in [0.25, 0.3) is 0 Å². The van der Waals surface area contributed by atoms with E-state index in [1.54, 1.807) is 6.07 Å². The van der Waals surface area contributed by atoms with Gasteiger partial charge in [0.1, 0.15) is 5.82 Å². The molecule has 0 radical (unpaired) electrons. The molecule has 1 heterocycles. The van der Waals surface area contributed by atoms with Gasteiger partial charge < -0.3 is 10.7 Å². The molecule has 1 aromatic heterocycles. The normalized spacial score (nSPS) is 13.7. The molecular weight excluding hydrogens is 279 g/mol. The van der Waals surface area contributed by atoms with Crippen molar-refractivity contribution >= 4 is 0 Å². The van der Waals surface area contributed by atoms with E-state index in [1.807, 2.05) is 0 Å². The number of alkyl halides is 3. The maximum atomic E-state index is 12.7. The molecule has 0 aliphatic carbocycles. The van der Waals surface area contributed by atoms with Crippen LogP contribution in [0.15, 0.2) is 30.5 Å². The zero-order chi connectivity index (χ0) is 15.6. The van der Waals surface area contributed by atoms with E-state index in [4.69, 9.17) is 5.73 Å². The second-order valence-electron chi connectivity index (χ2n) is 5.50. The third-order valence-corrected chi connectivity index (χ3v) is 3.17. The number of nitrogens with one attached hydrogen (secondary N) is 1. The van der Waals surface area contributed by atoms with Gasteiger partial charge in [0.2, 0.25) is 0 Å². The first-order valence-corrected chi connectivity index (χ1v) is 6.75. The molecule has 1 unspecified atom stereocenters. The molecule has 2 aromatic rings.